The van der Waals surface area contributed by atoms with E-state index in [1.807, 2.05) is 19.1 Å². The highest BCUT2D eigenvalue weighted by molar-refractivity contribution is 7.89. The van der Waals surface area contributed by atoms with E-state index in [-0.39, 0.29) is 6.04 Å². The lowest BCUT2D eigenvalue weighted by Gasteiger charge is -2.24. The van der Waals surface area contributed by atoms with Gasteiger partial charge < -0.3 is 5.32 Å². The Bertz CT molecular complexity index is 565. The monoisotopic (exact) mass is 310 g/mol. The normalized spacial score (nSPS) is 15.7. The first-order chi connectivity index (χ1) is 9.96. The van der Waals surface area contributed by atoms with Crippen LogP contribution in [0.1, 0.15) is 40.0 Å². The third-order valence-corrected chi connectivity index (χ3v) is 5.73. The number of hydrogen-bond acceptors (Lipinski definition) is 3. The van der Waals surface area contributed by atoms with Crippen molar-refractivity contribution in [3.63, 3.8) is 0 Å². The van der Waals surface area contributed by atoms with E-state index in [9.17, 15) is 8.42 Å². The van der Waals surface area contributed by atoms with Crippen molar-refractivity contribution in [3.05, 3.63) is 24.3 Å². The zero-order chi connectivity index (χ0) is 15.5. The number of nitrogens with one attached hydrogen (secondary N) is 1. The SMILES string of the molecule is CCNc1ccccc1S(=O)(=O)N(CCC(C)C)C1CC1. The highest BCUT2D eigenvalue weighted by Crippen LogP contribution is 2.34. The van der Waals surface area contributed by atoms with Crippen molar-refractivity contribution in [2.24, 2.45) is 5.92 Å². The van der Waals surface area contributed by atoms with Gasteiger partial charge in [-0.15, -0.1) is 0 Å². The van der Waals surface area contributed by atoms with Gasteiger partial charge in [-0.3, -0.25) is 0 Å². The van der Waals surface area contributed by atoms with Crippen LogP contribution >= 0.6 is 0 Å². The van der Waals surface area contributed by atoms with Crippen molar-refractivity contribution in [3.8, 4) is 0 Å². The number of para-hydroxylation sites is 1. The maximum Gasteiger partial charge on any atom is 0.245 e. The predicted molar refractivity (Wildman–Crippen MR) is 87.0 cm³/mol. The van der Waals surface area contributed by atoms with Crippen LogP contribution in [0.25, 0.3) is 0 Å². The van der Waals surface area contributed by atoms with E-state index in [0.29, 0.717) is 29.6 Å². The molecule has 0 heterocycles. The third-order valence-electron chi connectivity index (χ3n) is 3.72. The fraction of sp³-hybridized carbons (Fsp3) is 0.625. The van der Waals surface area contributed by atoms with Crippen LogP contribution < -0.4 is 5.32 Å². The van der Waals surface area contributed by atoms with Gasteiger partial charge in [0.05, 0.1) is 5.69 Å². The quantitative estimate of drug-likeness (QED) is 0.801. The molecule has 4 nitrogen and oxygen atoms in total. The fourth-order valence-electron chi connectivity index (χ4n) is 2.40. The summed E-state index contributed by atoms with van der Waals surface area (Å²) in [6.45, 7) is 7.56. The summed E-state index contributed by atoms with van der Waals surface area (Å²) in [5, 5.41) is 3.16. The van der Waals surface area contributed by atoms with Crippen LogP contribution in [0.5, 0.6) is 0 Å². The molecule has 1 N–H and O–H groups in total. The molecule has 1 fully saturated rings. The molecule has 0 amide bonds. The Hall–Kier alpha value is -1.07. The lowest BCUT2D eigenvalue weighted by molar-refractivity contribution is 0.373. The second kappa shape index (κ2) is 6.79. The molecule has 1 saturated carbocycles. The van der Waals surface area contributed by atoms with Crippen LogP contribution in [0.4, 0.5) is 5.69 Å². The van der Waals surface area contributed by atoms with Gasteiger partial charge in [0.15, 0.2) is 0 Å². The summed E-state index contributed by atoms with van der Waals surface area (Å²) in [4.78, 5) is 0.405. The molecule has 0 unspecified atom stereocenters. The molecule has 2 rings (SSSR count). The first kappa shape index (κ1) is 16.3. The minimum atomic E-state index is -3.42. The Balaban J connectivity index is 2.30. The minimum absolute atomic E-state index is 0.198. The highest BCUT2D eigenvalue weighted by Gasteiger charge is 2.38. The zero-order valence-electron chi connectivity index (χ0n) is 13.2. The number of rotatable bonds is 8. The van der Waals surface area contributed by atoms with Gasteiger partial charge in [0, 0.05) is 19.1 Å². The lowest BCUT2D eigenvalue weighted by Crippen LogP contribution is -2.35. The highest BCUT2D eigenvalue weighted by atomic mass is 32.2. The average molecular weight is 310 g/mol. The molecule has 0 saturated heterocycles. The molecule has 21 heavy (non-hydrogen) atoms. The van der Waals surface area contributed by atoms with Crippen LogP contribution in [0.2, 0.25) is 0 Å². The van der Waals surface area contributed by atoms with Crippen molar-refractivity contribution in [1.82, 2.24) is 4.31 Å². The van der Waals surface area contributed by atoms with Gasteiger partial charge in [-0.1, -0.05) is 26.0 Å². The van der Waals surface area contributed by atoms with Gasteiger partial charge in [0.25, 0.3) is 0 Å². The van der Waals surface area contributed by atoms with Crippen LogP contribution in [0.3, 0.4) is 0 Å². The minimum Gasteiger partial charge on any atom is -0.384 e. The molecule has 0 spiro atoms. The molecule has 1 aliphatic carbocycles. The van der Waals surface area contributed by atoms with Crippen LogP contribution in [-0.4, -0.2) is 31.9 Å². The van der Waals surface area contributed by atoms with E-state index in [0.717, 1.165) is 19.3 Å². The van der Waals surface area contributed by atoms with Gasteiger partial charge in [-0.25, -0.2) is 8.42 Å². The Morgan fingerprint density at radius 3 is 2.52 bits per heavy atom. The van der Waals surface area contributed by atoms with Crippen LogP contribution in [-0.2, 0) is 10.0 Å². The lowest BCUT2D eigenvalue weighted by atomic mass is 10.1. The Kier molecular flexibility index (Phi) is 5.27. The molecule has 0 aliphatic heterocycles. The summed E-state index contributed by atoms with van der Waals surface area (Å²) < 4.78 is 27.7. The van der Waals surface area contributed by atoms with Crippen molar-refractivity contribution in [2.45, 2.75) is 51.0 Å². The summed E-state index contributed by atoms with van der Waals surface area (Å²) >= 11 is 0. The number of hydrogen-bond donors (Lipinski definition) is 1. The van der Waals surface area contributed by atoms with Gasteiger partial charge in [-0.05, 0) is 44.2 Å². The third kappa shape index (κ3) is 3.98. The summed E-state index contributed by atoms with van der Waals surface area (Å²) in [5.41, 5.74) is 0.704. The average Bonchev–Trinajstić information content (AvgIpc) is 3.24. The molecule has 1 aromatic rings. The van der Waals surface area contributed by atoms with Crippen molar-refractivity contribution >= 4 is 15.7 Å². The number of sulfonamides is 1. The van der Waals surface area contributed by atoms with E-state index in [2.05, 4.69) is 19.2 Å². The summed E-state index contributed by atoms with van der Waals surface area (Å²) in [7, 11) is -3.42. The van der Waals surface area contributed by atoms with Gasteiger partial charge in [0.1, 0.15) is 4.90 Å². The van der Waals surface area contributed by atoms with Gasteiger partial charge in [0.2, 0.25) is 10.0 Å². The van der Waals surface area contributed by atoms with Crippen LogP contribution in [0, 0.1) is 5.92 Å². The zero-order valence-corrected chi connectivity index (χ0v) is 14.0. The maximum atomic E-state index is 13.0. The van der Waals surface area contributed by atoms with Crippen molar-refractivity contribution < 1.29 is 8.42 Å². The molecule has 1 aliphatic rings. The Morgan fingerprint density at radius 1 is 1.29 bits per heavy atom. The molecular weight excluding hydrogens is 284 g/mol. The second-order valence-electron chi connectivity index (χ2n) is 6.06. The molecule has 1 aromatic carbocycles. The summed E-state index contributed by atoms with van der Waals surface area (Å²) in [6.07, 6.45) is 2.88. The molecule has 0 radical (unpaired) electrons. The second-order valence-corrected chi connectivity index (χ2v) is 7.91. The van der Waals surface area contributed by atoms with E-state index >= 15 is 0 Å². The van der Waals surface area contributed by atoms with E-state index in [1.54, 1.807) is 16.4 Å². The van der Waals surface area contributed by atoms with Crippen molar-refractivity contribution in [2.75, 3.05) is 18.4 Å². The summed E-state index contributed by atoms with van der Waals surface area (Å²) in [6, 6.07) is 7.40. The van der Waals surface area contributed by atoms with Gasteiger partial charge in [-0.2, -0.15) is 4.31 Å². The molecule has 118 valence electrons. The molecule has 0 bridgehead atoms. The largest absolute Gasteiger partial charge is 0.384 e. The van der Waals surface area contributed by atoms with E-state index in [1.165, 1.54) is 0 Å². The standard InChI is InChI=1S/C16H26N2O2S/c1-4-17-15-7-5-6-8-16(15)21(19,20)18(14-9-10-14)12-11-13(2)3/h5-8,13-14,17H,4,9-12H2,1-3H3. The van der Waals surface area contributed by atoms with E-state index in [4.69, 9.17) is 0 Å². The first-order valence-corrected chi connectivity index (χ1v) is 9.25. The molecule has 0 atom stereocenters. The number of nitrogens with zero attached hydrogens (tertiary/aromatic N) is 1. The number of anilines is 1. The Labute approximate surface area is 128 Å². The van der Waals surface area contributed by atoms with Crippen LogP contribution in [0.15, 0.2) is 29.2 Å². The molecule has 5 heteroatoms. The molecular formula is C16H26N2O2S. The maximum absolute atomic E-state index is 13.0. The molecule has 0 aromatic heterocycles. The van der Waals surface area contributed by atoms with Gasteiger partial charge >= 0.3 is 0 Å². The first-order valence-electron chi connectivity index (χ1n) is 7.81. The fourth-order valence-corrected chi connectivity index (χ4v) is 4.27. The van der Waals surface area contributed by atoms with Crippen molar-refractivity contribution in [1.29, 1.82) is 0 Å². The summed E-state index contributed by atoms with van der Waals surface area (Å²) in [5.74, 6) is 0.505. The number of benzene rings is 1. The Morgan fingerprint density at radius 2 is 1.95 bits per heavy atom. The van der Waals surface area contributed by atoms with E-state index < -0.39 is 10.0 Å². The smallest absolute Gasteiger partial charge is 0.245 e. The topological polar surface area (TPSA) is 49.4 Å². The predicted octanol–water partition coefficient (Wildman–Crippen LogP) is 3.32.